The molecule has 1 amide bonds. The number of benzene rings is 1. The van der Waals surface area contributed by atoms with Crippen molar-refractivity contribution >= 4 is 17.7 Å². The van der Waals surface area contributed by atoms with Gasteiger partial charge >= 0.3 is 0 Å². The van der Waals surface area contributed by atoms with E-state index in [0.29, 0.717) is 11.3 Å². The van der Waals surface area contributed by atoms with Crippen LogP contribution in [0.1, 0.15) is 21.6 Å². The van der Waals surface area contributed by atoms with Gasteiger partial charge < -0.3 is 5.32 Å². The van der Waals surface area contributed by atoms with E-state index in [2.05, 4.69) is 36.1 Å². The van der Waals surface area contributed by atoms with Gasteiger partial charge in [0.1, 0.15) is 11.5 Å². The SMILES string of the molecule is CSCc1cc(F)ccc1CNC(=O)c1[nH]ncc1-c1nn[nH]n1. The first kappa shape index (κ1) is 16.1. The molecule has 3 rings (SSSR count). The standard InChI is InChI=1S/C14H14FN7OS/c1-24-7-9-4-10(15)3-2-8(9)5-16-14(23)12-11(6-17-18-12)13-19-21-22-20-13/h2-4,6H,5,7H2,1H3,(H,16,23)(H,17,18)(H,19,20,21,22). The molecule has 0 fully saturated rings. The molecule has 0 saturated heterocycles. The highest BCUT2D eigenvalue weighted by molar-refractivity contribution is 7.97. The van der Waals surface area contributed by atoms with Gasteiger partial charge in [0.2, 0.25) is 5.82 Å². The summed E-state index contributed by atoms with van der Waals surface area (Å²) in [6, 6.07) is 4.54. The van der Waals surface area contributed by atoms with Crippen molar-refractivity contribution in [2.75, 3.05) is 6.26 Å². The number of hydrogen-bond donors (Lipinski definition) is 3. The zero-order chi connectivity index (χ0) is 16.9. The van der Waals surface area contributed by atoms with Crippen LogP contribution < -0.4 is 5.32 Å². The summed E-state index contributed by atoms with van der Waals surface area (Å²) in [5.74, 6) is 0.300. The molecule has 0 aliphatic carbocycles. The first-order valence-electron chi connectivity index (χ1n) is 7.00. The quantitative estimate of drug-likeness (QED) is 0.623. The molecule has 0 radical (unpaired) electrons. The van der Waals surface area contributed by atoms with Crippen LogP contribution in [0.25, 0.3) is 11.4 Å². The van der Waals surface area contributed by atoms with Crippen LogP contribution in [0.4, 0.5) is 4.39 Å². The number of rotatable bonds is 6. The fraction of sp³-hybridized carbons (Fsp3) is 0.214. The predicted octanol–water partition coefficient (Wildman–Crippen LogP) is 1.52. The third kappa shape index (κ3) is 3.43. The van der Waals surface area contributed by atoms with Gasteiger partial charge in [-0.15, -0.1) is 10.2 Å². The van der Waals surface area contributed by atoms with Gasteiger partial charge in [-0.2, -0.15) is 22.1 Å². The Morgan fingerprint density at radius 3 is 3.00 bits per heavy atom. The first-order chi connectivity index (χ1) is 11.7. The van der Waals surface area contributed by atoms with Gasteiger partial charge in [0, 0.05) is 12.3 Å². The maximum absolute atomic E-state index is 13.4. The number of H-pyrrole nitrogens is 2. The molecule has 0 saturated carbocycles. The van der Waals surface area contributed by atoms with E-state index in [1.54, 1.807) is 17.8 Å². The molecule has 10 heteroatoms. The highest BCUT2D eigenvalue weighted by Crippen LogP contribution is 2.18. The van der Waals surface area contributed by atoms with Crippen molar-refractivity contribution < 1.29 is 9.18 Å². The van der Waals surface area contributed by atoms with Crippen LogP contribution in [-0.4, -0.2) is 43.0 Å². The second-order valence-corrected chi connectivity index (χ2v) is 5.79. The Hall–Kier alpha value is -2.75. The molecule has 0 spiro atoms. The molecule has 0 aliphatic rings. The lowest BCUT2D eigenvalue weighted by atomic mass is 10.1. The van der Waals surface area contributed by atoms with Crippen LogP contribution in [-0.2, 0) is 12.3 Å². The fourth-order valence-corrected chi connectivity index (χ4v) is 2.81. The number of carbonyl (C=O) groups excluding carboxylic acids is 1. The second kappa shape index (κ2) is 7.21. The van der Waals surface area contributed by atoms with Crippen molar-refractivity contribution in [1.29, 1.82) is 0 Å². The zero-order valence-corrected chi connectivity index (χ0v) is 13.5. The number of amides is 1. The average molecular weight is 347 g/mol. The molecule has 8 nitrogen and oxygen atoms in total. The van der Waals surface area contributed by atoms with Crippen molar-refractivity contribution in [3.63, 3.8) is 0 Å². The van der Waals surface area contributed by atoms with Crippen molar-refractivity contribution in [3.05, 3.63) is 47.0 Å². The van der Waals surface area contributed by atoms with E-state index in [-0.39, 0.29) is 29.8 Å². The maximum Gasteiger partial charge on any atom is 0.270 e. The van der Waals surface area contributed by atoms with Crippen LogP contribution in [0.2, 0.25) is 0 Å². The number of carbonyl (C=O) groups is 1. The largest absolute Gasteiger partial charge is 0.347 e. The lowest BCUT2D eigenvalue weighted by molar-refractivity contribution is 0.0946. The van der Waals surface area contributed by atoms with Gasteiger partial charge in [0.25, 0.3) is 5.91 Å². The summed E-state index contributed by atoms with van der Waals surface area (Å²) < 4.78 is 13.4. The van der Waals surface area contributed by atoms with E-state index in [4.69, 9.17) is 0 Å². The summed E-state index contributed by atoms with van der Waals surface area (Å²) in [4.78, 5) is 12.4. The number of tetrazole rings is 1. The topological polar surface area (TPSA) is 112 Å². The normalized spacial score (nSPS) is 10.8. The molecule has 0 atom stereocenters. The van der Waals surface area contributed by atoms with Gasteiger partial charge in [-0.25, -0.2) is 4.39 Å². The van der Waals surface area contributed by atoms with E-state index >= 15 is 0 Å². The van der Waals surface area contributed by atoms with Crippen LogP contribution in [0.5, 0.6) is 0 Å². The fourth-order valence-electron chi connectivity index (χ4n) is 2.23. The molecule has 3 N–H and O–H groups in total. The number of hydrogen-bond acceptors (Lipinski definition) is 6. The van der Waals surface area contributed by atoms with Gasteiger partial charge in [-0.3, -0.25) is 9.89 Å². The molecule has 124 valence electrons. The van der Waals surface area contributed by atoms with Crippen LogP contribution in [0, 0.1) is 5.82 Å². The van der Waals surface area contributed by atoms with Gasteiger partial charge in [-0.05, 0) is 34.7 Å². The molecule has 0 aliphatic heterocycles. The lowest BCUT2D eigenvalue weighted by Crippen LogP contribution is -2.24. The Morgan fingerprint density at radius 1 is 1.38 bits per heavy atom. The minimum atomic E-state index is -0.355. The van der Waals surface area contributed by atoms with Crippen LogP contribution in [0.3, 0.4) is 0 Å². The Bertz CT molecular complexity index is 834. The van der Waals surface area contributed by atoms with Gasteiger partial charge in [0.05, 0.1) is 11.8 Å². The average Bonchev–Trinajstić information content (AvgIpc) is 3.25. The summed E-state index contributed by atoms with van der Waals surface area (Å²) in [6.45, 7) is 0.277. The van der Waals surface area contributed by atoms with E-state index < -0.39 is 0 Å². The zero-order valence-electron chi connectivity index (χ0n) is 12.7. The minimum Gasteiger partial charge on any atom is -0.347 e. The number of nitrogens with one attached hydrogen (secondary N) is 3. The highest BCUT2D eigenvalue weighted by atomic mass is 32.2. The number of halogens is 1. The molecular formula is C14H14FN7OS. The summed E-state index contributed by atoms with van der Waals surface area (Å²) in [6.07, 6.45) is 3.39. The number of nitrogens with zero attached hydrogens (tertiary/aromatic N) is 4. The molecular weight excluding hydrogens is 333 g/mol. The number of aromatic nitrogens is 6. The Kier molecular flexibility index (Phi) is 4.85. The summed E-state index contributed by atoms with van der Waals surface area (Å²) in [5, 5.41) is 22.7. The highest BCUT2D eigenvalue weighted by Gasteiger charge is 2.18. The molecule has 3 aromatic rings. The predicted molar refractivity (Wildman–Crippen MR) is 86.5 cm³/mol. The summed E-state index contributed by atoms with van der Waals surface area (Å²) >= 11 is 1.59. The van der Waals surface area contributed by atoms with Gasteiger partial charge in [-0.1, -0.05) is 6.07 Å². The molecule has 1 aromatic carbocycles. The molecule has 0 bridgehead atoms. The van der Waals surface area contributed by atoms with Crippen molar-refractivity contribution in [3.8, 4) is 11.4 Å². The van der Waals surface area contributed by atoms with Crippen LogP contribution in [0.15, 0.2) is 24.4 Å². The third-order valence-electron chi connectivity index (χ3n) is 3.36. The summed E-state index contributed by atoms with van der Waals surface area (Å²) in [7, 11) is 0. The molecule has 24 heavy (non-hydrogen) atoms. The van der Waals surface area contributed by atoms with E-state index in [1.165, 1.54) is 18.3 Å². The maximum atomic E-state index is 13.4. The van der Waals surface area contributed by atoms with Crippen molar-refractivity contribution in [1.82, 2.24) is 36.1 Å². The monoisotopic (exact) mass is 347 g/mol. The first-order valence-corrected chi connectivity index (χ1v) is 8.40. The Balaban J connectivity index is 1.74. The minimum absolute atomic E-state index is 0.241. The van der Waals surface area contributed by atoms with Crippen molar-refractivity contribution in [2.45, 2.75) is 12.3 Å². The van der Waals surface area contributed by atoms with Crippen molar-refractivity contribution in [2.24, 2.45) is 0 Å². The van der Waals surface area contributed by atoms with E-state index in [9.17, 15) is 9.18 Å². The smallest absolute Gasteiger partial charge is 0.270 e. The van der Waals surface area contributed by atoms with Gasteiger partial charge in [0.15, 0.2) is 0 Å². The Morgan fingerprint density at radius 2 is 2.25 bits per heavy atom. The molecule has 0 unspecified atom stereocenters. The number of aromatic amines is 2. The second-order valence-electron chi connectivity index (χ2n) is 4.92. The number of thioether (sulfide) groups is 1. The Labute approximate surface area is 140 Å². The third-order valence-corrected chi connectivity index (χ3v) is 3.96. The van der Waals surface area contributed by atoms with E-state index in [1.807, 2.05) is 6.26 Å². The summed E-state index contributed by atoms with van der Waals surface area (Å²) in [5.41, 5.74) is 2.40. The molecule has 2 heterocycles. The molecule has 2 aromatic heterocycles. The van der Waals surface area contributed by atoms with E-state index in [0.717, 1.165) is 11.1 Å². The van der Waals surface area contributed by atoms with Crippen LogP contribution >= 0.6 is 11.8 Å². The lowest BCUT2D eigenvalue weighted by Gasteiger charge is -2.10.